The number of benzene rings is 1. The van der Waals surface area contributed by atoms with E-state index in [1.807, 2.05) is 18.4 Å². The van der Waals surface area contributed by atoms with E-state index in [0.717, 1.165) is 25.8 Å². The molecule has 2 N–H and O–H groups in total. The van der Waals surface area contributed by atoms with Crippen molar-refractivity contribution >= 4 is 17.1 Å². The molecule has 9 heteroatoms. The molecule has 180 valence electrons. The van der Waals surface area contributed by atoms with Gasteiger partial charge in [0.2, 0.25) is 5.96 Å². The fourth-order valence-corrected chi connectivity index (χ4v) is 5.91. The number of hydrogen-bond donors (Lipinski definition) is 2. The van der Waals surface area contributed by atoms with E-state index in [9.17, 15) is 9.59 Å². The monoisotopic (exact) mass is 463 g/mol. The molecule has 2 aromatic heterocycles. The van der Waals surface area contributed by atoms with E-state index in [-0.39, 0.29) is 17.5 Å². The Kier molecular flexibility index (Phi) is 6.12. The largest absolute Gasteiger partial charge is 0.343 e. The number of nitrogens with zero attached hydrogens (tertiary/aromatic N) is 5. The first-order valence-corrected chi connectivity index (χ1v) is 12.4. The zero-order valence-corrected chi connectivity index (χ0v) is 19.9. The number of fused-ring (bicyclic) bond motifs is 3. The summed E-state index contributed by atoms with van der Waals surface area (Å²) in [5.74, 6) is 0.0706. The third-order valence-electron chi connectivity index (χ3n) is 7.65. The summed E-state index contributed by atoms with van der Waals surface area (Å²) in [5.41, 5.74) is 0.941. The summed E-state index contributed by atoms with van der Waals surface area (Å²) in [7, 11) is 0. The van der Waals surface area contributed by atoms with Crippen LogP contribution in [0.4, 0.5) is 0 Å². The van der Waals surface area contributed by atoms with Crippen molar-refractivity contribution in [3.63, 3.8) is 0 Å². The van der Waals surface area contributed by atoms with Crippen LogP contribution in [0.2, 0.25) is 0 Å². The second-order valence-electron chi connectivity index (χ2n) is 9.40. The molecule has 3 aromatic rings. The third kappa shape index (κ3) is 3.87. The summed E-state index contributed by atoms with van der Waals surface area (Å²) in [6.07, 6.45) is 6.99. The Labute approximate surface area is 198 Å². The molecule has 34 heavy (non-hydrogen) atoms. The summed E-state index contributed by atoms with van der Waals surface area (Å²) in [6, 6.07) is 11.7. The minimum atomic E-state index is -0.584. The van der Waals surface area contributed by atoms with Crippen LogP contribution in [0.1, 0.15) is 51.1 Å². The molecule has 0 aliphatic carbocycles. The summed E-state index contributed by atoms with van der Waals surface area (Å²) >= 11 is 0. The van der Waals surface area contributed by atoms with Crippen molar-refractivity contribution in [1.82, 2.24) is 28.9 Å². The first-order valence-electron chi connectivity index (χ1n) is 12.4. The first-order chi connectivity index (χ1) is 16.5. The van der Waals surface area contributed by atoms with E-state index in [4.69, 9.17) is 5.41 Å². The van der Waals surface area contributed by atoms with Gasteiger partial charge in [0.1, 0.15) is 0 Å². The van der Waals surface area contributed by atoms with Crippen molar-refractivity contribution in [2.75, 3.05) is 19.6 Å². The van der Waals surface area contributed by atoms with Gasteiger partial charge in [0.05, 0.1) is 6.33 Å². The highest BCUT2D eigenvalue weighted by atomic mass is 16.2. The average Bonchev–Trinajstić information content (AvgIpc) is 3.37. The van der Waals surface area contributed by atoms with E-state index in [1.54, 1.807) is 11.2 Å². The normalized spacial score (nSPS) is 22.4. The van der Waals surface area contributed by atoms with Crippen LogP contribution < -0.4 is 11.2 Å². The second-order valence-corrected chi connectivity index (χ2v) is 9.40. The van der Waals surface area contributed by atoms with Gasteiger partial charge in [0, 0.05) is 37.8 Å². The predicted octanol–water partition coefficient (Wildman–Crippen LogP) is 2.42. The quantitative estimate of drug-likeness (QED) is 0.432. The van der Waals surface area contributed by atoms with E-state index < -0.39 is 11.2 Å². The number of aromatic amines is 1. The van der Waals surface area contributed by atoms with Gasteiger partial charge in [-0.25, -0.2) is 14.3 Å². The van der Waals surface area contributed by atoms with Crippen LogP contribution in [0.15, 0.2) is 46.2 Å². The molecule has 2 atom stereocenters. The summed E-state index contributed by atoms with van der Waals surface area (Å²) in [6.45, 7) is 6.15. The van der Waals surface area contributed by atoms with Gasteiger partial charge in [-0.2, -0.15) is 0 Å². The smallest absolute Gasteiger partial charge is 0.337 e. The lowest BCUT2D eigenvalue weighted by Gasteiger charge is -2.39. The van der Waals surface area contributed by atoms with Crippen LogP contribution in [-0.4, -0.2) is 66.6 Å². The van der Waals surface area contributed by atoms with Crippen molar-refractivity contribution in [2.24, 2.45) is 0 Å². The Morgan fingerprint density at radius 2 is 1.76 bits per heavy atom. The number of aromatic nitrogens is 4. The highest BCUT2D eigenvalue weighted by Crippen LogP contribution is 2.41. The minimum Gasteiger partial charge on any atom is -0.343 e. The fourth-order valence-electron chi connectivity index (χ4n) is 5.91. The van der Waals surface area contributed by atoms with Crippen molar-refractivity contribution in [3.8, 4) is 0 Å². The Bertz CT molecular complexity index is 1270. The lowest BCUT2D eigenvalue weighted by molar-refractivity contribution is 0.109. The Morgan fingerprint density at radius 3 is 2.41 bits per heavy atom. The molecule has 2 unspecified atom stereocenters. The molecule has 5 rings (SSSR count). The van der Waals surface area contributed by atoms with Gasteiger partial charge in [-0.3, -0.25) is 20.1 Å². The number of rotatable bonds is 6. The van der Waals surface area contributed by atoms with E-state index in [0.29, 0.717) is 30.8 Å². The van der Waals surface area contributed by atoms with Gasteiger partial charge >= 0.3 is 5.69 Å². The van der Waals surface area contributed by atoms with Crippen molar-refractivity contribution in [2.45, 2.75) is 64.1 Å². The maximum absolute atomic E-state index is 12.9. The number of H-pyrrole nitrogens is 1. The molecule has 1 aromatic carbocycles. The Balaban J connectivity index is 1.45. The molecule has 2 saturated heterocycles. The average molecular weight is 464 g/mol. The summed E-state index contributed by atoms with van der Waals surface area (Å²) < 4.78 is 3.31. The fraction of sp³-hybridized carbons (Fsp3) is 0.520. The van der Waals surface area contributed by atoms with Crippen LogP contribution in [0, 0.1) is 5.41 Å². The van der Waals surface area contributed by atoms with Crippen molar-refractivity contribution in [3.05, 3.63) is 63.1 Å². The molecule has 2 bridgehead atoms. The molecule has 9 nitrogen and oxygen atoms in total. The number of imidazole rings is 1. The molecule has 4 heterocycles. The minimum absolute atomic E-state index is 0.0706. The molecule has 2 aliphatic heterocycles. The van der Waals surface area contributed by atoms with E-state index in [1.165, 1.54) is 23.0 Å². The Hall–Kier alpha value is -3.20. The molecule has 0 amide bonds. The zero-order valence-electron chi connectivity index (χ0n) is 19.9. The van der Waals surface area contributed by atoms with Gasteiger partial charge in [0.15, 0.2) is 11.2 Å². The van der Waals surface area contributed by atoms with E-state index >= 15 is 0 Å². The lowest BCUT2D eigenvalue weighted by Crippen LogP contribution is -2.46. The predicted molar refractivity (Wildman–Crippen MR) is 133 cm³/mol. The topological polar surface area (TPSA) is 103 Å². The van der Waals surface area contributed by atoms with Crippen LogP contribution in [0.25, 0.3) is 11.2 Å². The maximum atomic E-state index is 12.9. The van der Waals surface area contributed by atoms with E-state index in [2.05, 4.69) is 45.2 Å². The highest BCUT2D eigenvalue weighted by molar-refractivity contribution is 5.87. The van der Waals surface area contributed by atoms with Crippen molar-refractivity contribution < 1.29 is 0 Å². The van der Waals surface area contributed by atoms with Gasteiger partial charge in [0.25, 0.3) is 5.56 Å². The van der Waals surface area contributed by atoms with Gasteiger partial charge in [-0.1, -0.05) is 30.3 Å². The summed E-state index contributed by atoms with van der Waals surface area (Å²) in [5, 5.41) is 8.71. The number of hydrogen-bond acceptors (Lipinski definition) is 5. The first kappa shape index (κ1) is 22.6. The number of piperidine rings is 1. The summed E-state index contributed by atoms with van der Waals surface area (Å²) in [4.78, 5) is 36.6. The van der Waals surface area contributed by atoms with Gasteiger partial charge < -0.3 is 9.47 Å². The number of nitrogens with one attached hydrogen (secondary N) is 2. The molecular formula is C25H33N7O2. The lowest BCUT2D eigenvalue weighted by atomic mass is 9.96. The zero-order chi connectivity index (χ0) is 23.8. The SMILES string of the molecule is CCN(CC)C(=N)n1c(=O)[nH]c(=O)c2ncn(C3CC4CCC(C3)N4CCc3ccccc3)c21. The van der Waals surface area contributed by atoms with Crippen LogP contribution in [0.3, 0.4) is 0 Å². The standard InChI is InChI=1S/C25H33N7O2/c1-3-29(4-2)24(26)32-23-21(22(33)28-25(32)34)27-16-31(23)20-14-18-10-11-19(15-20)30(18)13-12-17-8-6-5-7-9-17/h5-9,16,18-20,26H,3-4,10-15H2,1-2H3,(H,28,33,34). The highest BCUT2D eigenvalue weighted by Gasteiger charge is 2.41. The van der Waals surface area contributed by atoms with Crippen LogP contribution in [-0.2, 0) is 6.42 Å². The van der Waals surface area contributed by atoms with Gasteiger partial charge in [-0.15, -0.1) is 0 Å². The molecule has 2 aliphatic rings. The molecule has 0 spiro atoms. The molecule has 0 radical (unpaired) electrons. The molecule has 0 saturated carbocycles. The Morgan fingerprint density at radius 1 is 1.09 bits per heavy atom. The van der Waals surface area contributed by atoms with Crippen LogP contribution in [0.5, 0.6) is 0 Å². The van der Waals surface area contributed by atoms with Crippen LogP contribution >= 0.6 is 0 Å². The van der Waals surface area contributed by atoms with Gasteiger partial charge in [-0.05, 0) is 51.5 Å². The maximum Gasteiger partial charge on any atom is 0.337 e. The van der Waals surface area contributed by atoms with Crippen molar-refractivity contribution in [1.29, 1.82) is 5.41 Å². The molecular weight excluding hydrogens is 430 g/mol. The third-order valence-corrected chi connectivity index (χ3v) is 7.65. The second kappa shape index (κ2) is 9.21. The molecule has 2 fully saturated rings.